The topological polar surface area (TPSA) is 42.4 Å². The van der Waals surface area contributed by atoms with E-state index < -0.39 is 0 Å². The summed E-state index contributed by atoms with van der Waals surface area (Å²) in [4.78, 5) is 4.42. The fourth-order valence-electron chi connectivity index (χ4n) is 2.18. The van der Waals surface area contributed by atoms with Gasteiger partial charge in [0.1, 0.15) is 12.4 Å². The molecule has 3 nitrogen and oxygen atoms in total. The molecule has 0 aliphatic heterocycles. The predicted octanol–water partition coefficient (Wildman–Crippen LogP) is 3.08. The lowest BCUT2D eigenvalue weighted by Crippen LogP contribution is -2.02. The van der Waals surface area contributed by atoms with Gasteiger partial charge in [-0.3, -0.25) is 4.98 Å². The monoisotopic (exact) mass is 257 g/mol. The Bertz CT molecular complexity index is 556. The summed E-state index contributed by atoms with van der Waals surface area (Å²) >= 11 is 0. The Morgan fingerprint density at radius 3 is 2.37 bits per heavy atom. The van der Waals surface area contributed by atoms with Crippen LogP contribution in [0, 0.1) is 20.8 Å². The lowest BCUT2D eigenvalue weighted by Gasteiger charge is -2.13. The van der Waals surface area contributed by atoms with Gasteiger partial charge in [-0.15, -0.1) is 0 Å². The number of aromatic nitrogens is 1. The molecule has 0 saturated carbocycles. The molecule has 0 aliphatic rings. The van der Waals surface area contributed by atoms with E-state index in [0.717, 1.165) is 33.8 Å². The Balaban J connectivity index is 2.16. The maximum Gasteiger partial charge on any atom is 0.130 e. The molecular formula is C16H19NO2. The first kappa shape index (κ1) is 13.6. The quantitative estimate of drug-likeness (QED) is 0.915. The van der Waals surface area contributed by atoms with E-state index in [2.05, 4.69) is 4.98 Å². The van der Waals surface area contributed by atoms with Crippen LogP contribution in [-0.2, 0) is 13.2 Å². The van der Waals surface area contributed by atoms with Crippen LogP contribution >= 0.6 is 0 Å². The molecular weight excluding hydrogens is 238 g/mol. The summed E-state index contributed by atoms with van der Waals surface area (Å²) in [5.74, 6) is 0.875. The lowest BCUT2D eigenvalue weighted by atomic mass is 10.1. The number of rotatable bonds is 4. The molecule has 2 aromatic rings. The Labute approximate surface area is 113 Å². The number of benzene rings is 1. The molecule has 1 N–H and O–H groups in total. The molecule has 19 heavy (non-hydrogen) atoms. The van der Waals surface area contributed by atoms with Crippen molar-refractivity contribution in [2.45, 2.75) is 34.0 Å². The van der Waals surface area contributed by atoms with Crippen molar-refractivity contribution >= 4 is 0 Å². The first-order valence-corrected chi connectivity index (χ1v) is 6.36. The van der Waals surface area contributed by atoms with Crippen molar-refractivity contribution in [1.82, 2.24) is 4.98 Å². The Morgan fingerprint density at radius 1 is 1.11 bits per heavy atom. The smallest absolute Gasteiger partial charge is 0.130 e. The van der Waals surface area contributed by atoms with Gasteiger partial charge in [-0.25, -0.2) is 0 Å². The number of hydrogen-bond acceptors (Lipinski definition) is 3. The molecule has 0 amide bonds. The molecule has 0 unspecified atom stereocenters. The predicted molar refractivity (Wildman–Crippen MR) is 75.1 cm³/mol. The highest BCUT2D eigenvalue weighted by atomic mass is 16.5. The highest BCUT2D eigenvalue weighted by Crippen LogP contribution is 2.25. The van der Waals surface area contributed by atoms with Crippen LogP contribution in [0.3, 0.4) is 0 Å². The van der Waals surface area contributed by atoms with Gasteiger partial charge in [-0.2, -0.15) is 0 Å². The molecule has 3 heteroatoms. The van der Waals surface area contributed by atoms with E-state index in [0.29, 0.717) is 6.61 Å². The minimum atomic E-state index is 0.0569. The average Bonchev–Trinajstić information content (AvgIpc) is 2.37. The molecule has 1 aromatic heterocycles. The Hall–Kier alpha value is -1.87. The molecule has 0 spiro atoms. The zero-order valence-electron chi connectivity index (χ0n) is 11.6. The molecule has 2 rings (SSSR count). The van der Waals surface area contributed by atoms with Crippen molar-refractivity contribution in [3.8, 4) is 5.75 Å². The van der Waals surface area contributed by atoms with Crippen LogP contribution in [0.1, 0.15) is 28.1 Å². The third-order valence-electron chi connectivity index (χ3n) is 3.01. The molecule has 100 valence electrons. The summed E-state index contributed by atoms with van der Waals surface area (Å²) in [5.41, 5.74) is 4.90. The standard InChI is InChI=1S/C16H19NO2/c1-11-7-14(9-18)8-12(2)16(11)19-10-15-6-4-5-13(3)17-15/h4-8,18H,9-10H2,1-3H3. The number of pyridine rings is 1. The lowest BCUT2D eigenvalue weighted by molar-refractivity contribution is 0.279. The van der Waals surface area contributed by atoms with Crippen LogP contribution in [0.25, 0.3) is 0 Å². The third kappa shape index (κ3) is 3.32. The summed E-state index contributed by atoms with van der Waals surface area (Å²) < 4.78 is 5.86. The number of nitrogens with zero attached hydrogens (tertiary/aromatic N) is 1. The fourth-order valence-corrected chi connectivity index (χ4v) is 2.18. The second-order valence-electron chi connectivity index (χ2n) is 4.78. The Morgan fingerprint density at radius 2 is 1.79 bits per heavy atom. The number of aryl methyl sites for hydroxylation is 3. The number of hydrogen-bond donors (Lipinski definition) is 1. The van der Waals surface area contributed by atoms with Gasteiger partial charge in [-0.1, -0.05) is 18.2 Å². The van der Waals surface area contributed by atoms with Crippen molar-refractivity contribution in [3.05, 3.63) is 58.4 Å². The fraction of sp³-hybridized carbons (Fsp3) is 0.312. The van der Waals surface area contributed by atoms with Gasteiger partial charge in [0.05, 0.1) is 12.3 Å². The maximum atomic E-state index is 9.16. The highest BCUT2D eigenvalue weighted by Gasteiger charge is 2.07. The van der Waals surface area contributed by atoms with Crippen molar-refractivity contribution in [1.29, 1.82) is 0 Å². The second-order valence-corrected chi connectivity index (χ2v) is 4.78. The van der Waals surface area contributed by atoms with Crippen molar-refractivity contribution in [3.63, 3.8) is 0 Å². The molecule has 0 fully saturated rings. The van der Waals surface area contributed by atoms with Crippen molar-refractivity contribution < 1.29 is 9.84 Å². The molecule has 1 aromatic carbocycles. The van der Waals surface area contributed by atoms with Crippen molar-refractivity contribution in [2.75, 3.05) is 0 Å². The molecule has 0 radical (unpaired) electrons. The first-order chi connectivity index (χ1) is 9.10. The molecule has 0 bridgehead atoms. The van der Waals surface area contributed by atoms with Crippen LogP contribution in [0.15, 0.2) is 30.3 Å². The summed E-state index contributed by atoms with van der Waals surface area (Å²) in [7, 11) is 0. The number of aliphatic hydroxyl groups is 1. The third-order valence-corrected chi connectivity index (χ3v) is 3.01. The number of ether oxygens (including phenoxy) is 1. The first-order valence-electron chi connectivity index (χ1n) is 6.36. The zero-order valence-corrected chi connectivity index (χ0v) is 11.6. The summed E-state index contributed by atoms with van der Waals surface area (Å²) in [5, 5.41) is 9.16. The van der Waals surface area contributed by atoms with E-state index in [1.54, 1.807) is 0 Å². The van der Waals surface area contributed by atoms with Gasteiger partial charge in [0.2, 0.25) is 0 Å². The molecule has 0 saturated heterocycles. The van der Waals surface area contributed by atoms with Crippen LogP contribution < -0.4 is 4.74 Å². The van der Waals surface area contributed by atoms with E-state index in [9.17, 15) is 0 Å². The van der Waals surface area contributed by atoms with E-state index in [1.165, 1.54) is 0 Å². The van der Waals surface area contributed by atoms with Gasteiger partial charge >= 0.3 is 0 Å². The van der Waals surface area contributed by atoms with Crippen LogP contribution in [-0.4, -0.2) is 10.1 Å². The minimum absolute atomic E-state index is 0.0569. The molecule has 1 heterocycles. The molecule has 0 aliphatic carbocycles. The highest BCUT2D eigenvalue weighted by molar-refractivity contribution is 5.43. The van der Waals surface area contributed by atoms with E-state index >= 15 is 0 Å². The van der Waals surface area contributed by atoms with E-state index in [1.807, 2.05) is 51.1 Å². The van der Waals surface area contributed by atoms with Crippen molar-refractivity contribution in [2.24, 2.45) is 0 Å². The second kappa shape index (κ2) is 5.85. The SMILES string of the molecule is Cc1cccc(COc2c(C)cc(CO)cc2C)n1. The maximum absolute atomic E-state index is 9.16. The zero-order chi connectivity index (χ0) is 13.8. The number of aliphatic hydroxyl groups excluding tert-OH is 1. The normalized spacial score (nSPS) is 10.5. The summed E-state index contributed by atoms with van der Waals surface area (Å²) in [6, 6.07) is 9.81. The van der Waals surface area contributed by atoms with Crippen LogP contribution in [0.2, 0.25) is 0 Å². The van der Waals surface area contributed by atoms with Gasteiger partial charge in [-0.05, 0) is 49.6 Å². The average molecular weight is 257 g/mol. The Kier molecular flexibility index (Phi) is 4.17. The van der Waals surface area contributed by atoms with Gasteiger partial charge in [0, 0.05) is 5.69 Å². The van der Waals surface area contributed by atoms with Gasteiger partial charge in [0.15, 0.2) is 0 Å². The minimum Gasteiger partial charge on any atom is -0.487 e. The van der Waals surface area contributed by atoms with Crippen LogP contribution in [0.4, 0.5) is 0 Å². The van der Waals surface area contributed by atoms with Gasteiger partial charge in [0.25, 0.3) is 0 Å². The van der Waals surface area contributed by atoms with Gasteiger partial charge < -0.3 is 9.84 Å². The largest absolute Gasteiger partial charge is 0.487 e. The summed E-state index contributed by atoms with van der Waals surface area (Å²) in [6.45, 7) is 6.47. The van der Waals surface area contributed by atoms with Crippen LogP contribution in [0.5, 0.6) is 5.75 Å². The van der Waals surface area contributed by atoms with E-state index in [4.69, 9.17) is 9.84 Å². The van der Waals surface area contributed by atoms with E-state index in [-0.39, 0.29) is 6.61 Å². The summed E-state index contributed by atoms with van der Waals surface area (Å²) in [6.07, 6.45) is 0. The molecule has 0 atom stereocenters.